The van der Waals surface area contributed by atoms with E-state index in [4.69, 9.17) is 9.47 Å². The van der Waals surface area contributed by atoms with Gasteiger partial charge in [0.2, 0.25) is 0 Å². The van der Waals surface area contributed by atoms with Crippen LogP contribution < -0.4 is 9.47 Å². The predicted octanol–water partition coefficient (Wildman–Crippen LogP) is 1.06. The lowest BCUT2D eigenvalue weighted by atomic mass is 10.3. The van der Waals surface area contributed by atoms with Gasteiger partial charge in [0.05, 0.1) is 19.9 Å². The average molecular weight is 168 g/mol. The summed E-state index contributed by atoms with van der Waals surface area (Å²) < 4.78 is 9.99. The van der Waals surface area contributed by atoms with E-state index in [0.29, 0.717) is 11.6 Å². The van der Waals surface area contributed by atoms with Gasteiger partial charge >= 0.3 is 0 Å². The van der Waals surface area contributed by atoms with Crippen LogP contribution in [0.4, 0.5) is 0 Å². The zero-order valence-corrected chi connectivity index (χ0v) is 7.50. The summed E-state index contributed by atoms with van der Waals surface area (Å²) in [6, 6.07) is 1.83. The molecule has 0 unspecified atom stereocenters. The lowest BCUT2D eigenvalue weighted by Crippen LogP contribution is -1.98. The van der Waals surface area contributed by atoms with Crippen molar-refractivity contribution in [3.8, 4) is 11.6 Å². The first kappa shape index (κ1) is 8.77. The molecule has 0 fully saturated rings. The maximum Gasteiger partial charge on any atom is 0.276 e. The molecule has 1 aromatic rings. The first-order chi connectivity index (χ1) is 5.81. The van der Waals surface area contributed by atoms with Gasteiger partial charge in [0.15, 0.2) is 5.75 Å². The molecule has 1 rings (SSSR count). The molecule has 0 amide bonds. The molecule has 0 saturated heterocycles. The fraction of sp³-hybridized carbons (Fsp3) is 0.500. The Labute approximate surface area is 71.5 Å². The third kappa shape index (κ3) is 1.64. The third-order valence-electron chi connectivity index (χ3n) is 1.55. The van der Waals surface area contributed by atoms with Gasteiger partial charge in [0, 0.05) is 6.07 Å². The van der Waals surface area contributed by atoms with Gasteiger partial charge < -0.3 is 9.47 Å². The molecule has 0 atom stereocenters. The Morgan fingerprint density at radius 3 is 2.50 bits per heavy atom. The number of methoxy groups -OCH3 is 2. The predicted molar refractivity (Wildman–Crippen MR) is 44.5 cm³/mol. The quantitative estimate of drug-likeness (QED) is 0.676. The number of hydrogen-bond donors (Lipinski definition) is 0. The smallest absolute Gasteiger partial charge is 0.276 e. The Morgan fingerprint density at radius 2 is 2.00 bits per heavy atom. The summed E-state index contributed by atoms with van der Waals surface area (Å²) in [6.45, 7) is 2.01. The number of aryl methyl sites for hydroxylation is 1. The minimum Gasteiger partial charge on any atom is -0.491 e. The molecule has 0 spiro atoms. The molecule has 0 aromatic carbocycles. The van der Waals surface area contributed by atoms with E-state index < -0.39 is 0 Å². The Morgan fingerprint density at radius 1 is 1.25 bits per heavy atom. The van der Waals surface area contributed by atoms with Crippen molar-refractivity contribution in [1.82, 2.24) is 10.2 Å². The number of hydrogen-bond acceptors (Lipinski definition) is 4. The fourth-order valence-electron chi connectivity index (χ4n) is 0.861. The van der Waals surface area contributed by atoms with Crippen LogP contribution in [0.5, 0.6) is 11.6 Å². The zero-order valence-electron chi connectivity index (χ0n) is 7.50. The van der Waals surface area contributed by atoms with E-state index in [1.807, 2.05) is 13.0 Å². The summed E-state index contributed by atoms with van der Waals surface area (Å²) in [7, 11) is 3.12. The highest BCUT2D eigenvalue weighted by Crippen LogP contribution is 2.22. The molecule has 66 valence electrons. The van der Waals surface area contributed by atoms with Crippen LogP contribution in [0, 0.1) is 0 Å². The van der Waals surface area contributed by atoms with Gasteiger partial charge in [-0.25, -0.2) is 0 Å². The highest BCUT2D eigenvalue weighted by atomic mass is 16.5. The second-order valence-corrected chi connectivity index (χ2v) is 2.27. The Hall–Kier alpha value is -1.32. The van der Waals surface area contributed by atoms with Crippen molar-refractivity contribution in [2.75, 3.05) is 14.2 Å². The van der Waals surface area contributed by atoms with Gasteiger partial charge in [0.1, 0.15) is 0 Å². The minimum atomic E-state index is 0.426. The maximum atomic E-state index is 5.05. The molecule has 0 aliphatic rings. The maximum absolute atomic E-state index is 5.05. The molecular weight excluding hydrogens is 156 g/mol. The normalized spacial score (nSPS) is 9.58. The van der Waals surface area contributed by atoms with Crippen LogP contribution >= 0.6 is 0 Å². The topological polar surface area (TPSA) is 44.2 Å². The third-order valence-corrected chi connectivity index (χ3v) is 1.55. The van der Waals surface area contributed by atoms with Crippen LogP contribution in [0.2, 0.25) is 0 Å². The summed E-state index contributed by atoms with van der Waals surface area (Å²) in [4.78, 5) is 0. The number of aromatic nitrogens is 2. The Bertz CT molecular complexity index is 263. The molecule has 1 heterocycles. The first-order valence-electron chi connectivity index (χ1n) is 3.76. The van der Waals surface area contributed by atoms with Crippen LogP contribution in [0.25, 0.3) is 0 Å². The number of ether oxygens (including phenoxy) is 2. The fourth-order valence-corrected chi connectivity index (χ4v) is 0.861. The molecular formula is C8H12N2O2. The Balaban J connectivity index is 3.02. The van der Waals surface area contributed by atoms with Crippen LogP contribution in [-0.2, 0) is 6.42 Å². The van der Waals surface area contributed by atoms with E-state index in [-0.39, 0.29) is 0 Å². The van der Waals surface area contributed by atoms with Crippen molar-refractivity contribution < 1.29 is 9.47 Å². The van der Waals surface area contributed by atoms with Crippen molar-refractivity contribution >= 4 is 0 Å². The highest BCUT2D eigenvalue weighted by molar-refractivity contribution is 5.33. The highest BCUT2D eigenvalue weighted by Gasteiger charge is 2.05. The van der Waals surface area contributed by atoms with Crippen molar-refractivity contribution in [2.24, 2.45) is 0 Å². The zero-order chi connectivity index (χ0) is 8.97. The van der Waals surface area contributed by atoms with Crippen LogP contribution in [-0.4, -0.2) is 24.4 Å². The molecule has 4 nitrogen and oxygen atoms in total. The van der Waals surface area contributed by atoms with Crippen LogP contribution in [0.1, 0.15) is 12.6 Å². The lowest BCUT2D eigenvalue weighted by Gasteiger charge is -2.05. The van der Waals surface area contributed by atoms with Crippen LogP contribution in [0.15, 0.2) is 6.07 Å². The summed E-state index contributed by atoms with van der Waals surface area (Å²) in [6.07, 6.45) is 0.841. The Kier molecular flexibility index (Phi) is 2.85. The van der Waals surface area contributed by atoms with Crippen molar-refractivity contribution in [2.45, 2.75) is 13.3 Å². The lowest BCUT2D eigenvalue weighted by molar-refractivity contribution is 0.337. The second-order valence-electron chi connectivity index (χ2n) is 2.27. The van der Waals surface area contributed by atoms with E-state index in [2.05, 4.69) is 10.2 Å². The summed E-state index contributed by atoms with van der Waals surface area (Å²) in [5.41, 5.74) is 0.896. The molecule has 4 heteroatoms. The molecule has 1 aromatic heterocycles. The standard InChI is InChI=1S/C8H12N2O2/c1-4-6-5-7(11-2)8(12-3)10-9-6/h5H,4H2,1-3H3. The van der Waals surface area contributed by atoms with Crippen molar-refractivity contribution in [1.29, 1.82) is 0 Å². The average Bonchev–Trinajstić information content (AvgIpc) is 2.16. The van der Waals surface area contributed by atoms with Gasteiger partial charge in [-0.1, -0.05) is 6.92 Å². The van der Waals surface area contributed by atoms with Gasteiger partial charge in [-0.2, -0.15) is 5.10 Å². The van der Waals surface area contributed by atoms with Crippen LogP contribution in [0.3, 0.4) is 0 Å². The van der Waals surface area contributed by atoms with E-state index in [1.165, 1.54) is 7.11 Å². The molecule has 0 saturated carbocycles. The molecule has 0 radical (unpaired) electrons. The summed E-state index contributed by atoms with van der Waals surface area (Å²) in [5, 5.41) is 7.76. The van der Waals surface area contributed by atoms with E-state index in [1.54, 1.807) is 7.11 Å². The monoisotopic (exact) mass is 168 g/mol. The summed E-state index contributed by atoms with van der Waals surface area (Å²) in [5.74, 6) is 1.05. The van der Waals surface area contributed by atoms with E-state index in [9.17, 15) is 0 Å². The number of rotatable bonds is 3. The largest absolute Gasteiger partial charge is 0.491 e. The molecule has 0 aliphatic carbocycles. The van der Waals surface area contributed by atoms with Gasteiger partial charge in [-0.15, -0.1) is 5.10 Å². The van der Waals surface area contributed by atoms with Crippen molar-refractivity contribution in [3.63, 3.8) is 0 Å². The van der Waals surface area contributed by atoms with E-state index in [0.717, 1.165) is 12.1 Å². The first-order valence-corrected chi connectivity index (χ1v) is 3.76. The van der Waals surface area contributed by atoms with Gasteiger partial charge in [-0.05, 0) is 6.42 Å². The minimum absolute atomic E-state index is 0.426. The van der Waals surface area contributed by atoms with Gasteiger partial charge in [0.25, 0.3) is 5.88 Å². The second kappa shape index (κ2) is 3.90. The molecule has 0 bridgehead atoms. The van der Waals surface area contributed by atoms with Crippen molar-refractivity contribution in [3.05, 3.63) is 11.8 Å². The van der Waals surface area contributed by atoms with Gasteiger partial charge in [-0.3, -0.25) is 0 Å². The molecule has 12 heavy (non-hydrogen) atoms. The summed E-state index contributed by atoms with van der Waals surface area (Å²) >= 11 is 0. The van der Waals surface area contributed by atoms with E-state index >= 15 is 0 Å². The molecule has 0 N–H and O–H groups in total. The molecule has 0 aliphatic heterocycles. The SMILES string of the molecule is CCc1cc(OC)c(OC)nn1. The number of nitrogens with zero attached hydrogens (tertiary/aromatic N) is 2.